The van der Waals surface area contributed by atoms with E-state index < -0.39 is 10.0 Å². The Kier molecular flexibility index (Phi) is 5.63. The summed E-state index contributed by atoms with van der Waals surface area (Å²) in [6, 6.07) is 0. The molecule has 0 atom stereocenters. The van der Waals surface area contributed by atoms with E-state index in [1.165, 1.54) is 0 Å². The minimum absolute atomic E-state index is 0.0130. The van der Waals surface area contributed by atoms with Gasteiger partial charge in [0.15, 0.2) is 0 Å². The van der Waals surface area contributed by atoms with Gasteiger partial charge in [-0.15, -0.1) is 0 Å². The van der Waals surface area contributed by atoms with Gasteiger partial charge in [0.1, 0.15) is 6.61 Å². The van der Waals surface area contributed by atoms with Crippen LogP contribution in [-0.4, -0.2) is 27.5 Å². The minimum Gasteiger partial charge on any atom is -0.384 e. The Hall–Kier alpha value is -0.130. The molecule has 0 fully saturated rings. The summed E-state index contributed by atoms with van der Waals surface area (Å²) in [6.07, 6.45) is 0. The quantitative estimate of drug-likeness (QED) is 0.719. The lowest BCUT2D eigenvalue weighted by Crippen LogP contribution is -2.27. The van der Waals surface area contributed by atoms with Crippen LogP contribution in [0.2, 0.25) is 0 Å². The van der Waals surface area contributed by atoms with Crippen LogP contribution >= 0.6 is 10.0 Å². The van der Waals surface area contributed by atoms with Crippen LogP contribution in [0.25, 0.3) is 0 Å². The van der Waals surface area contributed by atoms with Gasteiger partial charge in [-0.05, 0) is 15.7 Å². The second-order valence-corrected chi connectivity index (χ2v) is 8.90. The van der Waals surface area contributed by atoms with Crippen molar-refractivity contribution in [2.45, 2.75) is 57.3 Å². The van der Waals surface area contributed by atoms with Gasteiger partial charge < -0.3 is 5.11 Å². The number of hydrogen-bond acceptors (Lipinski definition) is 1. The predicted octanol–water partition coefficient (Wildman–Crippen LogP) is 2.97. The van der Waals surface area contributed by atoms with Gasteiger partial charge in [-0.2, -0.15) is 10.0 Å². The summed E-state index contributed by atoms with van der Waals surface area (Å²) in [6.45, 7) is 13.5. The van der Waals surface area contributed by atoms with Crippen LogP contribution in [0.3, 0.4) is 0 Å². The summed E-state index contributed by atoms with van der Waals surface area (Å²) in [4.78, 5) is 0. The minimum atomic E-state index is -0.930. The third-order valence-electron chi connectivity index (χ3n) is 2.67. The van der Waals surface area contributed by atoms with E-state index in [1.807, 2.05) is 0 Å². The highest BCUT2D eigenvalue weighted by Crippen LogP contribution is 2.59. The van der Waals surface area contributed by atoms with E-state index in [4.69, 9.17) is 5.11 Å². The average molecular weight is 216 g/mol. The second kappa shape index (κ2) is 5.68. The van der Waals surface area contributed by atoms with Gasteiger partial charge >= 0.3 is 0 Å². The summed E-state index contributed by atoms with van der Waals surface area (Å²) >= 11 is 0. The fraction of sp³-hybridized carbons (Fsp3) is 0.833. The van der Waals surface area contributed by atoms with Crippen LogP contribution in [0, 0.1) is 11.2 Å². The van der Waals surface area contributed by atoms with Crippen molar-refractivity contribution in [1.29, 1.82) is 0 Å². The Morgan fingerprint density at radius 3 is 1.50 bits per heavy atom. The first-order valence-electron chi connectivity index (χ1n) is 5.30. The zero-order chi connectivity index (χ0) is 11.4. The number of rotatable bonds is 3. The first-order valence-corrected chi connectivity index (χ1v) is 7.12. The van der Waals surface area contributed by atoms with E-state index in [0.29, 0.717) is 15.7 Å². The van der Waals surface area contributed by atoms with Gasteiger partial charge in [-0.25, -0.2) is 0 Å². The van der Waals surface area contributed by atoms with Crippen LogP contribution in [0.15, 0.2) is 0 Å². The number of aliphatic hydroxyl groups excluding tert-OH is 1. The standard InChI is InChI=1S/C12H24OS/c1-10(2)14(11(3)4,12(5)6)9-7-8-13/h10-13H,8H2,1-6H3. The molecule has 84 valence electrons. The summed E-state index contributed by atoms with van der Waals surface area (Å²) in [7, 11) is -0.930. The third-order valence-corrected chi connectivity index (χ3v) is 7.85. The van der Waals surface area contributed by atoms with Crippen LogP contribution in [0.1, 0.15) is 41.5 Å². The lowest BCUT2D eigenvalue weighted by molar-refractivity contribution is 0.350. The molecular weight excluding hydrogens is 192 g/mol. The van der Waals surface area contributed by atoms with E-state index in [9.17, 15) is 0 Å². The van der Waals surface area contributed by atoms with E-state index in [-0.39, 0.29) is 6.61 Å². The summed E-state index contributed by atoms with van der Waals surface area (Å²) in [5.74, 6) is 2.88. The first kappa shape index (κ1) is 13.9. The number of hydrogen-bond donors (Lipinski definition) is 1. The molecule has 0 bridgehead atoms. The van der Waals surface area contributed by atoms with Gasteiger partial charge in [0.2, 0.25) is 0 Å². The van der Waals surface area contributed by atoms with Crippen LogP contribution in [0.4, 0.5) is 0 Å². The highest BCUT2D eigenvalue weighted by atomic mass is 32.3. The molecule has 0 unspecified atom stereocenters. The van der Waals surface area contributed by atoms with Crippen molar-refractivity contribution in [2.24, 2.45) is 0 Å². The van der Waals surface area contributed by atoms with Crippen molar-refractivity contribution in [1.82, 2.24) is 0 Å². The predicted molar refractivity (Wildman–Crippen MR) is 67.9 cm³/mol. The molecular formula is C12H24OS. The largest absolute Gasteiger partial charge is 0.384 e. The normalized spacial score (nSPS) is 13.3. The molecule has 0 aliphatic rings. The molecule has 0 radical (unpaired) electrons. The van der Waals surface area contributed by atoms with E-state index in [0.717, 1.165) is 0 Å². The Bertz CT molecular complexity index is 198. The molecule has 1 N–H and O–H groups in total. The Labute approximate surface area is 90.6 Å². The molecule has 0 aromatic rings. The Morgan fingerprint density at radius 1 is 0.929 bits per heavy atom. The summed E-state index contributed by atoms with van der Waals surface area (Å²) in [5.41, 5.74) is 0. The Balaban J connectivity index is 5.16. The molecule has 0 aromatic carbocycles. The maximum atomic E-state index is 8.81. The molecule has 0 rings (SSSR count). The molecule has 0 aliphatic carbocycles. The van der Waals surface area contributed by atoms with E-state index in [1.54, 1.807) is 0 Å². The Morgan fingerprint density at radius 2 is 1.29 bits per heavy atom. The fourth-order valence-electron chi connectivity index (χ4n) is 2.14. The molecule has 0 heterocycles. The molecule has 0 aliphatic heterocycles. The molecule has 2 heteroatoms. The van der Waals surface area contributed by atoms with Gasteiger partial charge in [-0.3, -0.25) is 0 Å². The van der Waals surface area contributed by atoms with Crippen molar-refractivity contribution in [3.8, 4) is 11.2 Å². The van der Waals surface area contributed by atoms with Crippen molar-refractivity contribution < 1.29 is 5.11 Å². The number of aliphatic hydroxyl groups is 1. The SMILES string of the molecule is CC(C)S(C#CCO)(C(C)C)C(C)C. The maximum absolute atomic E-state index is 8.81. The summed E-state index contributed by atoms with van der Waals surface area (Å²) in [5, 5.41) is 14.0. The first-order chi connectivity index (χ1) is 6.39. The highest BCUT2D eigenvalue weighted by Gasteiger charge is 2.32. The van der Waals surface area contributed by atoms with Gasteiger partial charge in [-0.1, -0.05) is 52.7 Å². The van der Waals surface area contributed by atoms with E-state index in [2.05, 4.69) is 52.7 Å². The molecule has 0 saturated carbocycles. The monoisotopic (exact) mass is 216 g/mol. The molecule has 0 amide bonds. The van der Waals surface area contributed by atoms with Crippen molar-refractivity contribution in [2.75, 3.05) is 6.61 Å². The smallest absolute Gasteiger partial charge is 0.105 e. The van der Waals surface area contributed by atoms with E-state index >= 15 is 0 Å². The van der Waals surface area contributed by atoms with Crippen molar-refractivity contribution in [3.63, 3.8) is 0 Å². The van der Waals surface area contributed by atoms with Crippen LogP contribution < -0.4 is 0 Å². The second-order valence-electron chi connectivity index (χ2n) is 4.35. The average Bonchev–Trinajstić information content (AvgIpc) is 2.03. The topological polar surface area (TPSA) is 20.2 Å². The van der Waals surface area contributed by atoms with Crippen LogP contribution in [-0.2, 0) is 0 Å². The molecule has 0 spiro atoms. The fourth-order valence-corrected chi connectivity index (χ4v) is 6.43. The van der Waals surface area contributed by atoms with Crippen molar-refractivity contribution >= 4 is 10.0 Å². The lowest BCUT2D eigenvalue weighted by atomic mass is 10.5. The molecule has 0 saturated heterocycles. The zero-order valence-corrected chi connectivity index (χ0v) is 11.1. The highest BCUT2D eigenvalue weighted by molar-refractivity contribution is 8.38. The molecule has 1 nitrogen and oxygen atoms in total. The van der Waals surface area contributed by atoms with Gasteiger partial charge in [0.25, 0.3) is 0 Å². The lowest BCUT2D eigenvalue weighted by Gasteiger charge is -2.46. The van der Waals surface area contributed by atoms with Gasteiger partial charge in [0, 0.05) is 0 Å². The summed E-state index contributed by atoms with van der Waals surface area (Å²) < 4.78 is 0. The molecule has 0 aromatic heterocycles. The van der Waals surface area contributed by atoms with Crippen LogP contribution in [0.5, 0.6) is 0 Å². The van der Waals surface area contributed by atoms with Gasteiger partial charge in [0.05, 0.1) is 0 Å². The maximum Gasteiger partial charge on any atom is 0.105 e. The van der Waals surface area contributed by atoms with Crippen molar-refractivity contribution in [3.05, 3.63) is 0 Å². The zero-order valence-electron chi connectivity index (χ0n) is 10.3. The third kappa shape index (κ3) is 2.68. The molecule has 14 heavy (non-hydrogen) atoms.